The zero-order valence-corrected chi connectivity index (χ0v) is 16.0. The second kappa shape index (κ2) is 7.09. The van der Waals surface area contributed by atoms with E-state index in [9.17, 15) is 9.59 Å². The second-order valence-corrected chi connectivity index (χ2v) is 6.76. The molecule has 0 unspecified atom stereocenters. The van der Waals surface area contributed by atoms with Gasteiger partial charge in [-0.1, -0.05) is 41.9 Å². The predicted molar refractivity (Wildman–Crippen MR) is 109 cm³/mol. The number of nitrogens with zero attached hydrogens (tertiary/aromatic N) is 1. The fraction of sp³-hybridized carbons (Fsp3) is 0.136. The Bertz CT molecular complexity index is 1280. The predicted octanol–water partition coefficient (Wildman–Crippen LogP) is 5.15. The van der Waals surface area contributed by atoms with Gasteiger partial charge in [0, 0.05) is 10.6 Å². The number of aryl methyl sites for hydroxylation is 1. The molecular weight excluding hydrogens is 378 g/mol. The van der Waals surface area contributed by atoms with E-state index in [1.54, 1.807) is 19.1 Å². The first kappa shape index (κ1) is 18.2. The van der Waals surface area contributed by atoms with Crippen LogP contribution >= 0.6 is 11.6 Å². The standard InChI is InChI=1S/C22H16ClNO4/c1-3-27-22(26)15-10-16-20(25)14-11-17(23)12(2)9-18(14)28-21(16)24-19(15)13-7-5-4-6-8-13/h4-11H,3H2,1-2H3. The summed E-state index contributed by atoms with van der Waals surface area (Å²) in [6, 6.07) is 14.0. The molecule has 0 fully saturated rings. The number of rotatable bonds is 3. The van der Waals surface area contributed by atoms with Gasteiger partial charge < -0.3 is 9.15 Å². The Labute approximate surface area is 165 Å². The first-order valence-corrected chi connectivity index (χ1v) is 9.17. The summed E-state index contributed by atoms with van der Waals surface area (Å²) in [5, 5.41) is 1.01. The Hall–Kier alpha value is -3.18. The number of carbonyl (C=O) groups excluding carboxylic acids is 1. The molecule has 0 aliphatic rings. The molecule has 0 N–H and O–H groups in total. The number of carbonyl (C=O) groups is 1. The van der Waals surface area contributed by atoms with E-state index in [0.29, 0.717) is 21.7 Å². The van der Waals surface area contributed by atoms with Crippen molar-refractivity contribution in [2.24, 2.45) is 0 Å². The Morgan fingerprint density at radius 2 is 1.89 bits per heavy atom. The van der Waals surface area contributed by atoms with Crippen molar-refractivity contribution >= 4 is 39.6 Å². The van der Waals surface area contributed by atoms with Crippen LogP contribution in [0.25, 0.3) is 33.3 Å². The number of esters is 1. The Morgan fingerprint density at radius 1 is 1.14 bits per heavy atom. The summed E-state index contributed by atoms with van der Waals surface area (Å²) in [4.78, 5) is 30.1. The van der Waals surface area contributed by atoms with Crippen LogP contribution in [0.15, 0.2) is 57.7 Å². The van der Waals surface area contributed by atoms with Gasteiger partial charge >= 0.3 is 5.97 Å². The maximum absolute atomic E-state index is 13.0. The number of fused-ring (bicyclic) bond motifs is 2. The fourth-order valence-electron chi connectivity index (χ4n) is 3.08. The van der Waals surface area contributed by atoms with Crippen LogP contribution in [-0.2, 0) is 4.74 Å². The van der Waals surface area contributed by atoms with E-state index in [2.05, 4.69) is 4.98 Å². The zero-order valence-electron chi connectivity index (χ0n) is 15.3. The van der Waals surface area contributed by atoms with Gasteiger partial charge in [-0.2, -0.15) is 0 Å². The number of ether oxygens (including phenoxy) is 1. The maximum Gasteiger partial charge on any atom is 0.340 e. The van der Waals surface area contributed by atoms with E-state index in [0.717, 1.165) is 11.1 Å². The Balaban J connectivity index is 2.09. The highest BCUT2D eigenvalue weighted by molar-refractivity contribution is 6.32. The molecule has 0 saturated carbocycles. The van der Waals surface area contributed by atoms with Crippen molar-refractivity contribution in [3.63, 3.8) is 0 Å². The number of aromatic nitrogens is 1. The molecule has 0 aliphatic carbocycles. The molecular formula is C22H16ClNO4. The molecule has 2 aromatic heterocycles. The third-order valence-electron chi connectivity index (χ3n) is 4.49. The summed E-state index contributed by atoms with van der Waals surface area (Å²) in [7, 11) is 0. The third kappa shape index (κ3) is 3.04. The fourth-order valence-corrected chi connectivity index (χ4v) is 3.25. The quantitative estimate of drug-likeness (QED) is 0.355. The summed E-state index contributed by atoms with van der Waals surface area (Å²) >= 11 is 6.17. The molecule has 0 spiro atoms. The number of benzene rings is 2. The van der Waals surface area contributed by atoms with Crippen LogP contribution in [0.5, 0.6) is 0 Å². The van der Waals surface area contributed by atoms with Crippen molar-refractivity contribution in [1.29, 1.82) is 0 Å². The highest BCUT2D eigenvalue weighted by Gasteiger charge is 2.20. The number of hydrogen-bond donors (Lipinski definition) is 0. The lowest BCUT2D eigenvalue weighted by Crippen LogP contribution is -2.11. The van der Waals surface area contributed by atoms with Gasteiger partial charge in [-0.15, -0.1) is 0 Å². The first-order valence-electron chi connectivity index (χ1n) is 8.80. The lowest BCUT2D eigenvalue weighted by atomic mass is 10.0. The summed E-state index contributed by atoms with van der Waals surface area (Å²) < 4.78 is 11.1. The van der Waals surface area contributed by atoms with Crippen LogP contribution in [-0.4, -0.2) is 17.6 Å². The summed E-state index contributed by atoms with van der Waals surface area (Å²) in [6.07, 6.45) is 0. The molecule has 6 heteroatoms. The molecule has 4 aromatic rings. The van der Waals surface area contributed by atoms with E-state index in [-0.39, 0.29) is 28.7 Å². The molecule has 0 aliphatic heterocycles. The highest BCUT2D eigenvalue weighted by atomic mass is 35.5. The molecule has 0 radical (unpaired) electrons. The van der Waals surface area contributed by atoms with Crippen LogP contribution in [0.2, 0.25) is 5.02 Å². The molecule has 5 nitrogen and oxygen atoms in total. The van der Waals surface area contributed by atoms with Crippen LogP contribution in [0.3, 0.4) is 0 Å². The molecule has 0 bridgehead atoms. The number of halogens is 1. The molecule has 0 atom stereocenters. The van der Waals surface area contributed by atoms with Crippen molar-refractivity contribution in [3.8, 4) is 11.3 Å². The van der Waals surface area contributed by atoms with Gasteiger partial charge in [0.05, 0.1) is 28.6 Å². The van der Waals surface area contributed by atoms with Crippen molar-refractivity contribution in [3.05, 3.63) is 74.9 Å². The van der Waals surface area contributed by atoms with E-state index in [1.165, 1.54) is 6.07 Å². The molecule has 140 valence electrons. The van der Waals surface area contributed by atoms with E-state index >= 15 is 0 Å². The number of hydrogen-bond acceptors (Lipinski definition) is 5. The summed E-state index contributed by atoms with van der Waals surface area (Å²) in [6.45, 7) is 3.77. The average molecular weight is 394 g/mol. The molecule has 4 rings (SSSR count). The third-order valence-corrected chi connectivity index (χ3v) is 4.89. The van der Waals surface area contributed by atoms with E-state index < -0.39 is 5.97 Å². The van der Waals surface area contributed by atoms with Crippen LogP contribution < -0.4 is 5.43 Å². The molecule has 28 heavy (non-hydrogen) atoms. The summed E-state index contributed by atoms with van der Waals surface area (Å²) in [5.74, 6) is -0.544. The Kier molecular flexibility index (Phi) is 4.61. The smallest absolute Gasteiger partial charge is 0.340 e. The summed E-state index contributed by atoms with van der Waals surface area (Å²) in [5.41, 5.74) is 2.40. The Morgan fingerprint density at radius 3 is 2.61 bits per heavy atom. The minimum Gasteiger partial charge on any atom is -0.462 e. The van der Waals surface area contributed by atoms with E-state index in [4.69, 9.17) is 20.8 Å². The minimum atomic E-state index is -0.544. The van der Waals surface area contributed by atoms with Crippen LogP contribution in [0.4, 0.5) is 0 Å². The maximum atomic E-state index is 13.0. The second-order valence-electron chi connectivity index (χ2n) is 6.35. The molecule has 0 saturated heterocycles. The average Bonchev–Trinajstić information content (AvgIpc) is 2.70. The topological polar surface area (TPSA) is 69.4 Å². The lowest BCUT2D eigenvalue weighted by Gasteiger charge is -2.10. The number of pyridine rings is 1. The largest absolute Gasteiger partial charge is 0.462 e. The van der Waals surface area contributed by atoms with Gasteiger partial charge in [0.1, 0.15) is 5.58 Å². The zero-order chi connectivity index (χ0) is 19.8. The van der Waals surface area contributed by atoms with E-state index in [1.807, 2.05) is 37.3 Å². The molecule has 2 aromatic carbocycles. The van der Waals surface area contributed by atoms with Crippen molar-refractivity contribution < 1.29 is 13.9 Å². The highest BCUT2D eigenvalue weighted by Crippen LogP contribution is 2.28. The monoisotopic (exact) mass is 393 g/mol. The van der Waals surface area contributed by atoms with Crippen LogP contribution in [0.1, 0.15) is 22.8 Å². The first-order chi connectivity index (χ1) is 13.5. The van der Waals surface area contributed by atoms with Gasteiger partial charge in [-0.25, -0.2) is 9.78 Å². The van der Waals surface area contributed by atoms with Gasteiger partial charge in [-0.05, 0) is 37.6 Å². The normalized spacial score (nSPS) is 11.1. The van der Waals surface area contributed by atoms with Crippen molar-refractivity contribution in [2.75, 3.05) is 6.61 Å². The lowest BCUT2D eigenvalue weighted by molar-refractivity contribution is 0.0527. The van der Waals surface area contributed by atoms with Gasteiger partial charge in [-0.3, -0.25) is 4.79 Å². The van der Waals surface area contributed by atoms with Gasteiger partial charge in [0.2, 0.25) is 11.1 Å². The molecule has 2 heterocycles. The van der Waals surface area contributed by atoms with Gasteiger partial charge in [0.15, 0.2) is 0 Å². The molecule has 0 amide bonds. The van der Waals surface area contributed by atoms with Crippen molar-refractivity contribution in [1.82, 2.24) is 4.98 Å². The van der Waals surface area contributed by atoms with Crippen LogP contribution in [0, 0.1) is 6.92 Å². The van der Waals surface area contributed by atoms with Gasteiger partial charge in [0.25, 0.3) is 0 Å². The SMILES string of the molecule is CCOC(=O)c1cc2c(=O)c3cc(Cl)c(C)cc3oc2nc1-c1ccccc1. The minimum absolute atomic E-state index is 0.158. The van der Waals surface area contributed by atoms with Crippen molar-refractivity contribution in [2.45, 2.75) is 13.8 Å².